The van der Waals surface area contributed by atoms with Gasteiger partial charge in [0.05, 0.1) is 6.61 Å². The molecule has 1 aliphatic rings. The molecule has 1 saturated carbocycles. The highest BCUT2D eigenvalue weighted by Crippen LogP contribution is 2.28. The summed E-state index contributed by atoms with van der Waals surface area (Å²) >= 11 is 0. The topological polar surface area (TPSA) is 68.5 Å². The molecule has 0 spiro atoms. The van der Waals surface area contributed by atoms with Crippen molar-refractivity contribution < 1.29 is 9.53 Å². The molecular weight excluding hydrogens is 230 g/mol. The van der Waals surface area contributed by atoms with Gasteiger partial charge in [-0.1, -0.05) is 0 Å². The van der Waals surface area contributed by atoms with Crippen molar-refractivity contribution in [3.63, 3.8) is 0 Å². The number of methoxy groups -OCH3 is 1. The van der Waals surface area contributed by atoms with Crippen LogP contribution in [0.4, 0.5) is 5.82 Å². The van der Waals surface area contributed by atoms with Gasteiger partial charge < -0.3 is 15.4 Å². The zero-order valence-corrected chi connectivity index (χ0v) is 10.8. The number of carbonyl (C=O) groups is 1. The summed E-state index contributed by atoms with van der Waals surface area (Å²) in [5.41, 5.74) is 7.06. The third kappa shape index (κ3) is 2.98. The Bertz CT molecular complexity index is 424. The Morgan fingerprint density at radius 3 is 2.83 bits per heavy atom. The molecule has 1 aromatic heterocycles. The van der Waals surface area contributed by atoms with Crippen molar-refractivity contribution in [1.29, 1.82) is 0 Å². The minimum absolute atomic E-state index is 0.0201. The summed E-state index contributed by atoms with van der Waals surface area (Å²) in [6.07, 6.45) is 2.16. The van der Waals surface area contributed by atoms with E-state index in [0.29, 0.717) is 30.6 Å². The van der Waals surface area contributed by atoms with Crippen LogP contribution in [0.1, 0.15) is 28.9 Å². The molecule has 2 N–H and O–H groups in total. The number of hydrogen-bond donors (Lipinski definition) is 1. The molecule has 0 aliphatic heterocycles. The van der Waals surface area contributed by atoms with E-state index in [0.717, 1.165) is 18.5 Å². The first kappa shape index (κ1) is 12.8. The number of aromatic nitrogens is 1. The molecule has 0 aromatic carbocycles. The summed E-state index contributed by atoms with van der Waals surface area (Å²) in [4.78, 5) is 18.4. The Kier molecular flexibility index (Phi) is 3.81. The van der Waals surface area contributed by atoms with Crippen molar-refractivity contribution in [2.75, 3.05) is 26.0 Å². The van der Waals surface area contributed by atoms with Crippen LogP contribution in [0.2, 0.25) is 0 Å². The minimum atomic E-state index is 0.0201. The number of ether oxygens (including phenoxy) is 1. The molecular formula is C13H19N3O2. The van der Waals surface area contributed by atoms with E-state index in [1.165, 1.54) is 0 Å². The van der Waals surface area contributed by atoms with E-state index in [9.17, 15) is 4.79 Å². The highest BCUT2D eigenvalue weighted by Gasteiger charge is 2.32. The second-order valence-electron chi connectivity index (χ2n) is 4.64. The van der Waals surface area contributed by atoms with Gasteiger partial charge in [0.1, 0.15) is 5.82 Å². The molecule has 0 saturated heterocycles. The lowest BCUT2D eigenvalue weighted by atomic mass is 10.2. The maximum absolute atomic E-state index is 12.4. The van der Waals surface area contributed by atoms with Gasteiger partial charge in [0, 0.05) is 31.0 Å². The minimum Gasteiger partial charge on any atom is -0.384 e. The maximum atomic E-state index is 12.4. The summed E-state index contributed by atoms with van der Waals surface area (Å²) in [6, 6.07) is 3.78. The van der Waals surface area contributed by atoms with Gasteiger partial charge in [-0.15, -0.1) is 0 Å². The fraction of sp³-hybridized carbons (Fsp3) is 0.538. The lowest BCUT2D eigenvalue weighted by Crippen LogP contribution is -2.36. The third-order valence-corrected chi connectivity index (χ3v) is 3.00. The van der Waals surface area contributed by atoms with Crippen LogP contribution in [-0.2, 0) is 4.74 Å². The Balaban J connectivity index is 2.16. The summed E-state index contributed by atoms with van der Waals surface area (Å²) in [5, 5.41) is 0. The van der Waals surface area contributed by atoms with E-state index < -0.39 is 0 Å². The van der Waals surface area contributed by atoms with E-state index in [1.807, 2.05) is 11.8 Å². The summed E-state index contributed by atoms with van der Waals surface area (Å²) in [5.74, 6) is 0.410. The molecule has 5 heteroatoms. The van der Waals surface area contributed by atoms with Crippen LogP contribution in [0.15, 0.2) is 12.1 Å². The lowest BCUT2D eigenvalue weighted by molar-refractivity contribution is 0.0680. The number of amides is 1. The van der Waals surface area contributed by atoms with Crippen LogP contribution < -0.4 is 5.73 Å². The van der Waals surface area contributed by atoms with Gasteiger partial charge >= 0.3 is 0 Å². The van der Waals surface area contributed by atoms with Crippen LogP contribution in [0.5, 0.6) is 0 Å². The molecule has 1 aromatic rings. The predicted molar refractivity (Wildman–Crippen MR) is 69.3 cm³/mol. The van der Waals surface area contributed by atoms with Crippen molar-refractivity contribution in [3.05, 3.63) is 23.4 Å². The zero-order valence-electron chi connectivity index (χ0n) is 10.8. The molecule has 1 heterocycles. The van der Waals surface area contributed by atoms with Crippen LogP contribution in [0, 0.1) is 6.92 Å². The molecule has 98 valence electrons. The fourth-order valence-electron chi connectivity index (χ4n) is 2.01. The van der Waals surface area contributed by atoms with Gasteiger partial charge in [0.15, 0.2) is 0 Å². The monoisotopic (exact) mass is 249 g/mol. The summed E-state index contributed by atoms with van der Waals surface area (Å²) in [7, 11) is 1.64. The van der Waals surface area contributed by atoms with Gasteiger partial charge in [0.2, 0.25) is 0 Å². The summed E-state index contributed by atoms with van der Waals surface area (Å²) < 4.78 is 5.05. The average Bonchev–Trinajstić information content (AvgIpc) is 3.12. The number of nitrogen functional groups attached to an aromatic ring is 1. The van der Waals surface area contributed by atoms with E-state index in [1.54, 1.807) is 19.2 Å². The van der Waals surface area contributed by atoms with Gasteiger partial charge in [-0.3, -0.25) is 4.79 Å². The Hall–Kier alpha value is -1.62. The van der Waals surface area contributed by atoms with Crippen LogP contribution >= 0.6 is 0 Å². The molecule has 2 rings (SSSR count). The molecule has 18 heavy (non-hydrogen) atoms. The van der Waals surface area contributed by atoms with Crippen molar-refractivity contribution in [1.82, 2.24) is 9.88 Å². The number of hydrogen-bond acceptors (Lipinski definition) is 4. The van der Waals surface area contributed by atoms with Crippen LogP contribution in [0.25, 0.3) is 0 Å². The van der Waals surface area contributed by atoms with Gasteiger partial charge in [-0.05, 0) is 31.9 Å². The SMILES string of the molecule is COCCN(C(=O)c1cc(C)nc(N)c1)C1CC1. The number of rotatable bonds is 5. The Morgan fingerprint density at radius 2 is 2.28 bits per heavy atom. The normalized spacial score (nSPS) is 14.6. The summed E-state index contributed by atoms with van der Waals surface area (Å²) in [6.45, 7) is 3.02. The molecule has 0 unspecified atom stereocenters. The molecule has 0 atom stereocenters. The number of carbonyl (C=O) groups excluding carboxylic acids is 1. The number of nitrogens with zero attached hydrogens (tertiary/aromatic N) is 2. The van der Waals surface area contributed by atoms with E-state index in [2.05, 4.69) is 4.98 Å². The zero-order chi connectivity index (χ0) is 13.1. The quantitative estimate of drug-likeness (QED) is 0.852. The largest absolute Gasteiger partial charge is 0.384 e. The van der Waals surface area contributed by atoms with Crippen molar-refractivity contribution in [2.24, 2.45) is 0 Å². The fourth-order valence-corrected chi connectivity index (χ4v) is 2.01. The van der Waals surface area contributed by atoms with Gasteiger partial charge in [-0.2, -0.15) is 0 Å². The highest BCUT2D eigenvalue weighted by molar-refractivity contribution is 5.95. The Morgan fingerprint density at radius 1 is 1.56 bits per heavy atom. The first-order valence-electron chi connectivity index (χ1n) is 6.16. The maximum Gasteiger partial charge on any atom is 0.254 e. The molecule has 1 amide bonds. The van der Waals surface area contributed by atoms with E-state index in [4.69, 9.17) is 10.5 Å². The number of pyridine rings is 1. The molecule has 1 fully saturated rings. The highest BCUT2D eigenvalue weighted by atomic mass is 16.5. The van der Waals surface area contributed by atoms with Crippen molar-refractivity contribution in [3.8, 4) is 0 Å². The first-order chi connectivity index (χ1) is 8.61. The van der Waals surface area contributed by atoms with Crippen LogP contribution in [-0.4, -0.2) is 42.1 Å². The number of anilines is 1. The number of aryl methyl sites for hydroxylation is 1. The second-order valence-corrected chi connectivity index (χ2v) is 4.64. The van der Waals surface area contributed by atoms with Crippen molar-refractivity contribution in [2.45, 2.75) is 25.8 Å². The molecule has 0 bridgehead atoms. The number of nitrogens with two attached hydrogens (primary N) is 1. The molecule has 1 aliphatic carbocycles. The average molecular weight is 249 g/mol. The lowest BCUT2D eigenvalue weighted by Gasteiger charge is -2.22. The standard InChI is InChI=1S/C13H19N3O2/c1-9-7-10(8-12(14)15-9)13(17)16(5-6-18-2)11-3-4-11/h7-8,11H,3-6H2,1-2H3,(H2,14,15). The predicted octanol–water partition coefficient (Wildman–Crippen LogP) is 1.22. The van der Waals surface area contributed by atoms with Crippen molar-refractivity contribution >= 4 is 11.7 Å². The second kappa shape index (κ2) is 5.35. The molecule has 5 nitrogen and oxygen atoms in total. The Labute approximate surface area is 107 Å². The smallest absolute Gasteiger partial charge is 0.254 e. The van der Waals surface area contributed by atoms with E-state index in [-0.39, 0.29) is 5.91 Å². The molecule has 0 radical (unpaired) electrons. The van der Waals surface area contributed by atoms with Crippen LogP contribution in [0.3, 0.4) is 0 Å². The van der Waals surface area contributed by atoms with E-state index >= 15 is 0 Å². The third-order valence-electron chi connectivity index (χ3n) is 3.00. The van der Waals surface area contributed by atoms with Gasteiger partial charge in [0.25, 0.3) is 5.91 Å². The van der Waals surface area contributed by atoms with Gasteiger partial charge in [-0.25, -0.2) is 4.98 Å². The first-order valence-corrected chi connectivity index (χ1v) is 6.16.